The van der Waals surface area contributed by atoms with Gasteiger partial charge >= 0.3 is 5.97 Å². The first kappa shape index (κ1) is 24.2. The van der Waals surface area contributed by atoms with Gasteiger partial charge in [0.25, 0.3) is 0 Å². The van der Waals surface area contributed by atoms with Crippen LogP contribution in [0, 0.1) is 11.8 Å². The number of anilines is 1. The van der Waals surface area contributed by atoms with Gasteiger partial charge in [0.05, 0.1) is 6.61 Å². The molecule has 34 heavy (non-hydrogen) atoms. The maximum absolute atomic E-state index is 13.6. The van der Waals surface area contributed by atoms with Gasteiger partial charge in [0.15, 0.2) is 5.82 Å². The van der Waals surface area contributed by atoms with Gasteiger partial charge < -0.3 is 4.74 Å². The highest BCUT2D eigenvalue weighted by atomic mass is 32.1. The summed E-state index contributed by atoms with van der Waals surface area (Å²) in [6, 6.07) is 14.1. The number of aromatic nitrogens is 2. The second kappa shape index (κ2) is 10.6. The Morgan fingerprint density at radius 1 is 1.12 bits per heavy atom. The van der Waals surface area contributed by atoms with Crippen LogP contribution in [0.1, 0.15) is 63.7 Å². The van der Waals surface area contributed by atoms with Crippen LogP contribution in [0.25, 0.3) is 15.4 Å². The molecular weight excluding hydrogens is 446 g/mol. The molecule has 3 aromatic rings. The Kier molecular flexibility index (Phi) is 7.51. The Labute approximate surface area is 205 Å². The van der Waals surface area contributed by atoms with Gasteiger partial charge in [-0.05, 0) is 70.1 Å². The van der Waals surface area contributed by atoms with E-state index in [1.165, 1.54) is 0 Å². The van der Waals surface area contributed by atoms with Crippen LogP contribution in [0.4, 0.5) is 5.82 Å². The van der Waals surface area contributed by atoms with Gasteiger partial charge in [-0.25, -0.2) is 9.48 Å². The molecule has 4 rings (SSSR count). The molecule has 6 nitrogen and oxygen atoms in total. The molecule has 7 heteroatoms. The van der Waals surface area contributed by atoms with E-state index < -0.39 is 5.97 Å². The molecule has 1 aliphatic rings. The summed E-state index contributed by atoms with van der Waals surface area (Å²) in [5.41, 5.74) is 1.45. The number of carbonyl (C=O) groups is 2. The molecule has 0 atom stereocenters. The third-order valence-electron chi connectivity index (χ3n) is 6.41. The highest BCUT2D eigenvalue weighted by Gasteiger charge is 2.34. The number of amides is 1. The van der Waals surface area contributed by atoms with Gasteiger partial charge in [-0.2, -0.15) is 0 Å². The average molecular weight is 480 g/mol. The predicted molar refractivity (Wildman–Crippen MR) is 137 cm³/mol. The summed E-state index contributed by atoms with van der Waals surface area (Å²) in [5.74, 6) is 0.591. The van der Waals surface area contributed by atoms with Crippen LogP contribution >= 0.6 is 11.3 Å². The number of ether oxygens (including phenoxy) is 1. The summed E-state index contributed by atoms with van der Waals surface area (Å²) < 4.78 is 7.03. The van der Waals surface area contributed by atoms with Crippen molar-refractivity contribution in [3.8, 4) is 15.4 Å². The van der Waals surface area contributed by atoms with Crippen molar-refractivity contribution in [2.75, 3.05) is 11.5 Å². The molecule has 2 heterocycles. The van der Waals surface area contributed by atoms with Crippen LogP contribution in [0.2, 0.25) is 0 Å². The lowest BCUT2D eigenvalue weighted by Crippen LogP contribution is -2.43. The van der Waals surface area contributed by atoms with Crippen molar-refractivity contribution in [1.29, 1.82) is 0 Å². The maximum atomic E-state index is 13.6. The zero-order valence-electron chi connectivity index (χ0n) is 20.4. The zero-order chi connectivity index (χ0) is 24.2. The van der Waals surface area contributed by atoms with Gasteiger partial charge in [-0.15, -0.1) is 16.4 Å². The summed E-state index contributed by atoms with van der Waals surface area (Å²) in [7, 11) is 0. The van der Waals surface area contributed by atoms with E-state index in [9.17, 15) is 9.59 Å². The number of esters is 1. The molecule has 0 unspecified atom stereocenters. The number of rotatable bonds is 7. The molecule has 1 fully saturated rings. The molecule has 0 aliphatic heterocycles. The summed E-state index contributed by atoms with van der Waals surface area (Å²) >= 11 is 1.59. The van der Waals surface area contributed by atoms with E-state index in [4.69, 9.17) is 9.84 Å². The van der Waals surface area contributed by atoms with Crippen molar-refractivity contribution in [3.05, 3.63) is 54.2 Å². The molecule has 1 aromatic carbocycles. The Bertz CT molecular complexity index is 1130. The quantitative estimate of drug-likeness (QED) is 0.371. The third kappa shape index (κ3) is 5.09. The number of hydrogen-bond acceptors (Lipinski definition) is 5. The fourth-order valence-electron chi connectivity index (χ4n) is 4.52. The fourth-order valence-corrected chi connectivity index (χ4v) is 5.46. The normalized spacial score (nSPS) is 18.1. The largest absolute Gasteiger partial charge is 0.462 e. The van der Waals surface area contributed by atoms with E-state index in [0.717, 1.165) is 41.1 Å². The predicted octanol–water partition coefficient (Wildman–Crippen LogP) is 6.35. The Hall–Kier alpha value is -2.93. The third-order valence-corrected chi connectivity index (χ3v) is 7.54. The van der Waals surface area contributed by atoms with Crippen LogP contribution in [-0.2, 0) is 9.53 Å². The van der Waals surface area contributed by atoms with Crippen molar-refractivity contribution < 1.29 is 14.3 Å². The molecule has 0 bridgehead atoms. The second-order valence-corrected chi connectivity index (χ2v) is 10.4. The fraction of sp³-hybridized carbons (Fsp3) is 0.444. The van der Waals surface area contributed by atoms with Gasteiger partial charge in [0, 0.05) is 23.0 Å². The summed E-state index contributed by atoms with van der Waals surface area (Å²) in [6.45, 7) is 8.22. The van der Waals surface area contributed by atoms with Crippen molar-refractivity contribution in [1.82, 2.24) is 9.78 Å². The van der Waals surface area contributed by atoms with E-state index in [1.54, 1.807) is 34.0 Å². The summed E-state index contributed by atoms with van der Waals surface area (Å²) in [5, 5.41) is 5.65. The minimum Gasteiger partial charge on any atom is -0.462 e. The van der Waals surface area contributed by atoms with Crippen molar-refractivity contribution in [2.24, 2.45) is 11.8 Å². The minimum absolute atomic E-state index is 0.0368. The number of carbonyl (C=O) groups excluding carboxylic acids is 2. The van der Waals surface area contributed by atoms with Crippen LogP contribution in [0.5, 0.6) is 0 Å². The topological polar surface area (TPSA) is 64.4 Å². The van der Waals surface area contributed by atoms with Crippen LogP contribution in [0.3, 0.4) is 0 Å². The molecule has 0 saturated heterocycles. The van der Waals surface area contributed by atoms with Crippen molar-refractivity contribution >= 4 is 29.0 Å². The van der Waals surface area contributed by atoms with E-state index in [1.807, 2.05) is 38.1 Å². The molecule has 1 amide bonds. The summed E-state index contributed by atoms with van der Waals surface area (Å²) in [4.78, 5) is 29.4. The molecule has 0 radical (unpaired) electrons. The van der Waals surface area contributed by atoms with E-state index in [0.29, 0.717) is 17.3 Å². The Morgan fingerprint density at radius 2 is 1.82 bits per heavy atom. The Morgan fingerprint density at radius 3 is 2.47 bits per heavy atom. The van der Waals surface area contributed by atoms with Gasteiger partial charge in [0.1, 0.15) is 10.6 Å². The van der Waals surface area contributed by atoms with Crippen LogP contribution < -0.4 is 4.90 Å². The minimum atomic E-state index is -0.459. The maximum Gasteiger partial charge on any atom is 0.343 e. The number of benzene rings is 1. The molecule has 1 aliphatic carbocycles. The highest BCUT2D eigenvalue weighted by Crippen LogP contribution is 2.34. The average Bonchev–Trinajstić information content (AvgIpc) is 3.48. The first-order chi connectivity index (χ1) is 16.4. The first-order valence-electron chi connectivity index (χ1n) is 12.1. The van der Waals surface area contributed by atoms with Crippen molar-refractivity contribution in [3.63, 3.8) is 0 Å². The molecule has 2 aromatic heterocycles. The lowest BCUT2D eigenvalue weighted by molar-refractivity contribution is -0.123. The molecule has 1 saturated carbocycles. The molecule has 0 spiro atoms. The standard InChI is InChI=1S/C27H33N3O3S/c1-5-33-27(32)22-17-29(24-16-15-23(34-24)20-9-7-6-8-10-20)28-25(22)30(18(2)3)26(31)21-13-11-19(4)12-14-21/h6-10,15-19,21H,5,11-14H2,1-4H3/t19-,21-. The number of nitrogens with zero attached hydrogens (tertiary/aromatic N) is 3. The molecule has 0 N–H and O–H groups in total. The van der Waals surface area contributed by atoms with Crippen LogP contribution in [-0.4, -0.2) is 34.3 Å². The first-order valence-corrected chi connectivity index (χ1v) is 13.0. The molecular formula is C27H33N3O3S. The Balaban J connectivity index is 1.71. The SMILES string of the molecule is CCOC(=O)c1cn(-c2ccc(-c3ccccc3)s2)nc1N(C(=O)[C@H]1CC[C@H](C)CC1)C(C)C. The van der Waals surface area contributed by atoms with Gasteiger partial charge in [0.2, 0.25) is 5.91 Å². The van der Waals surface area contributed by atoms with Gasteiger partial charge in [-0.1, -0.05) is 37.3 Å². The number of thiophene rings is 1. The molecule has 180 valence electrons. The van der Waals surface area contributed by atoms with Crippen LogP contribution in [0.15, 0.2) is 48.7 Å². The monoisotopic (exact) mass is 479 g/mol. The van der Waals surface area contributed by atoms with E-state index in [-0.39, 0.29) is 24.5 Å². The summed E-state index contributed by atoms with van der Waals surface area (Å²) in [6.07, 6.45) is 5.56. The smallest absolute Gasteiger partial charge is 0.343 e. The van der Waals surface area contributed by atoms with E-state index >= 15 is 0 Å². The lowest BCUT2D eigenvalue weighted by atomic mass is 9.82. The highest BCUT2D eigenvalue weighted by molar-refractivity contribution is 7.17. The lowest BCUT2D eigenvalue weighted by Gasteiger charge is -2.32. The zero-order valence-corrected chi connectivity index (χ0v) is 21.2. The second-order valence-electron chi connectivity index (χ2n) is 9.29. The van der Waals surface area contributed by atoms with Gasteiger partial charge in [-0.3, -0.25) is 9.69 Å². The van der Waals surface area contributed by atoms with Crippen molar-refractivity contribution in [2.45, 2.75) is 59.4 Å². The van der Waals surface area contributed by atoms with E-state index in [2.05, 4.69) is 25.1 Å². The number of hydrogen-bond donors (Lipinski definition) is 0.